The van der Waals surface area contributed by atoms with Crippen molar-refractivity contribution in [1.29, 1.82) is 0 Å². The van der Waals surface area contributed by atoms with Gasteiger partial charge in [0.15, 0.2) is 11.5 Å². The lowest BCUT2D eigenvalue weighted by molar-refractivity contribution is 0.109. The molecule has 1 aromatic rings. The SMILES string of the molecule is CCOCCOc1cc(CNCC(C)C)ccc1OC. The largest absolute Gasteiger partial charge is 0.493 e. The van der Waals surface area contributed by atoms with Gasteiger partial charge >= 0.3 is 0 Å². The highest BCUT2D eigenvalue weighted by Crippen LogP contribution is 2.28. The van der Waals surface area contributed by atoms with Crippen molar-refractivity contribution in [1.82, 2.24) is 5.32 Å². The summed E-state index contributed by atoms with van der Waals surface area (Å²) in [5.74, 6) is 2.18. The van der Waals surface area contributed by atoms with E-state index in [2.05, 4.69) is 25.2 Å². The van der Waals surface area contributed by atoms with Gasteiger partial charge in [0.2, 0.25) is 0 Å². The lowest BCUT2D eigenvalue weighted by Crippen LogP contribution is -2.19. The second kappa shape index (κ2) is 9.61. The van der Waals surface area contributed by atoms with Gasteiger partial charge < -0.3 is 19.5 Å². The van der Waals surface area contributed by atoms with E-state index in [4.69, 9.17) is 14.2 Å². The zero-order chi connectivity index (χ0) is 14.8. The Balaban J connectivity index is 2.55. The van der Waals surface area contributed by atoms with Crippen LogP contribution in [0.2, 0.25) is 0 Å². The third-order valence-corrected chi connectivity index (χ3v) is 2.80. The summed E-state index contributed by atoms with van der Waals surface area (Å²) in [5.41, 5.74) is 1.19. The van der Waals surface area contributed by atoms with Crippen molar-refractivity contribution in [2.75, 3.05) is 33.5 Å². The summed E-state index contributed by atoms with van der Waals surface area (Å²) in [6.07, 6.45) is 0. The van der Waals surface area contributed by atoms with Crippen molar-refractivity contribution in [2.45, 2.75) is 27.3 Å². The molecule has 114 valence electrons. The number of ether oxygens (including phenoxy) is 3. The Bertz CT molecular complexity index is 380. The molecule has 0 aromatic heterocycles. The van der Waals surface area contributed by atoms with Crippen molar-refractivity contribution in [2.24, 2.45) is 5.92 Å². The molecule has 0 saturated heterocycles. The summed E-state index contributed by atoms with van der Waals surface area (Å²) in [6, 6.07) is 6.03. The van der Waals surface area contributed by atoms with E-state index in [1.807, 2.05) is 19.1 Å². The smallest absolute Gasteiger partial charge is 0.161 e. The van der Waals surface area contributed by atoms with Gasteiger partial charge in [-0.2, -0.15) is 0 Å². The number of hydrogen-bond acceptors (Lipinski definition) is 4. The minimum absolute atomic E-state index is 0.535. The van der Waals surface area contributed by atoms with Crippen molar-refractivity contribution >= 4 is 0 Å². The third-order valence-electron chi connectivity index (χ3n) is 2.80. The van der Waals surface area contributed by atoms with Gasteiger partial charge in [0.05, 0.1) is 13.7 Å². The summed E-state index contributed by atoms with van der Waals surface area (Å²) in [4.78, 5) is 0. The van der Waals surface area contributed by atoms with Gasteiger partial charge in [0.1, 0.15) is 6.61 Å². The second-order valence-corrected chi connectivity index (χ2v) is 5.06. The van der Waals surface area contributed by atoms with Crippen LogP contribution in [0.1, 0.15) is 26.3 Å². The summed E-state index contributed by atoms with van der Waals surface area (Å²) in [5, 5.41) is 3.42. The molecule has 4 heteroatoms. The molecule has 0 bridgehead atoms. The number of methoxy groups -OCH3 is 1. The molecule has 0 aliphatic carbocycles. The molecule has 0 amide bonds. The van der Waals surface area contributed by atoms with E-state index in [1.165, 1.54) is 5.56 Å². The first-order chi connectivity index (χ1) is 9.67. The Labute approximate surface area is 122 Å². The molecule has 0 spiro atoms. The third kappa shape index (κ3) is 6.26. The average Bonchev–Trinajstić information content (AvgIpc) is 2.43. The van der Waals surface area contributed by atoms with Crippen LogP contribution in [0.4, 0.5) is 0 Å². The van der Waals surface area contributed by atoms with Crippen LogP contribution < -0.4 is 14.8 Å². The van der Waals surface area contributed by atoms with Gasteiger partial charge in [-0.25, -0.2) is 0 Å². The molecular weight excluding hydrogens is 254 g/mol. The van der Waals surface area contributed by atoms with E-state index in [0.717, 1.165) is 24.6 Å². The molecule has 1 rings (SSSR count). The fourth-order valence-corrected chi connectivity index (χ4v) is 1.80. The second-order valence-electron chi connectivity index (χ2n) is 5.06. The lowest BCUT2D eigenvalue weighted by Gasteiger charge is -2.13. The molecule has 0 aliphatic heterocycles. The topological polar surface area (TPSA) is 39.7 Å². The average molecular weight is 281 g/mol. The Kier molecular flexibility index (Phi) is 8.07. The van der Waals surface area contributed by atoms with Crippen LogP contribution in [-0.4, -0.2) is 33.5 Å². The summed E-state index contributed by atoms with van der Waals surface area (Å²) in [6.45, 7) is 10.0. The predicted octanol–water partition coefficient (Wildman–Crippen LogP) is 2.86. The first-order valence-corrected chi connectivity index (χ1v) is 7.25. The quantitative estimate of drug-likeness (QED) is 0.669. The molecule has 0 atom stereocenters. The molecular formula is C16H27NO3. The minimum Gasteiger partial charge on any atom is -0.493 e. The van der Waals surface area contributed by atoms with E-state index in [1.54, 1.807) is 7.11 Å². The molecule has 0 unspecified atom stereocenters. The highest BCUT2D eigenvalue weighted by atomic mass is 16.5. The zero-order valence-corrected chi connectivity index (χ0v) is 13.1. The van der Waals surface area contributed by atoms with E-state index in [9.17, 15) is 0 Å². The maximum Gasteiger partial charge on any atom is 0.161 e. The van der Waals surface area contributed by atoms with Gasteiger partial charge in [-0.3, -0.25) is 0 Å². The van der Waals surface area contributed by atoms with Crippen molar-refractivity contribution in [3.63, 3.8) is 0 Å². The van der Waals surface area contributed by atoms with Crippen LogP contribution in [0.5, 0.6) is 11.5 Å². The molecule has 0 aliphatic rings. The molecule has 1 N–H and O–H groups in total. The molecule has 0 radical (unpaired) electrons. The fourth-order valence-electron chi connectivity index (χ4n) is 1.80. The van der Waals surface area contributed by atoms with Crippen LogP contribution >= 0.6 is 0 Å². The first kappa shape index (κ1) is 16.8. The molecule has 0 heterocycles. The summed E-state index contributed by atoms with van der Waals surface area (Å²) < 4.78 is 16.3. The normalized spacial score (nSPS) is 10.8. The molecule has 0 fully saturated rings. The Morgan fingerprint density at radius 1 is 1.15 bits per heavy atom. The Morgan fingerprint density at radius 3 is 2.60 bits per heavy atom. The number of benzene rings is 1. The van der Waals surface area contributed by atoms with Crippen LogP contribution in [-0.2, 0) is 11.3 Å². The number of rotatable bonds is 10. The van der Waals surface area contributed by atoms with Gasteiger partial charge in [0.25, 0.3) is 0 Å². The van der Waals surface area contributed by atoms with Gasteiger partial charge in [-0.1, -0.05) is 19.9 Å². The first-order valence-electron chi connectivity index (χ1n) is 7.25. The maximum absolute atomic E-state index is 5.72. The van der Waals surface area contributed by atoms with Crippen LogP contribution in [0.15, 0.2) is 18.2 Å². The monoisotopic (exact) mass is 281 g/mol. The summed E-state index contributed by atoms with van der Waals surface area (Å²) >= 11 is 0. The van der Waals surface area contributed by atoms with E-state index in [0.29, 0.717) is 25.7 Å². The van der Waals surface area contributed by atoms with Gasteiger partial charge in [-0.15, -0.1) is 0 Å². The summed E-state index contributed by atoms with van der Waals surface area (Å²) in [7, 11) is 1.65. The minimum atomic E-state index is 0.535. The highest BCUT2D eigenvalue weighted by molar-refractivity contribution is 5.42. The molecule has 0 saturated carbocycles. The predicted molar refractivity (Wildman–Crippen MR) is 81.5 cm³/mol. The fraction of sp³-hybridized carbons (Fsp3) is 0.625. The highest BCUT2D eigenvalue weighted by Gasteiger charge is 2.06. The van der Waals surface area contributed by atoms with E-state index in [-0.39, 0.29) is 0 Å². The van der Waals surface area contributed by atoms with Gasteiger partial charge in [-0.05, 0) is 37.1 Å². The van der Waals surface area contributed by atoms with E-state index < -0.39 is 0 Å². The molecule has 1 aromatic carbocycles. The van der Waals surface area contributed by atoms with Gasteiger partial charge in [0, 0.05) is 13.2 Å². The Morgan fingerprint density at radius 2 is 1.95 bits per heavy atom. The van der Waals surface area contributed by atoms with Crippen LogP contribution in [0.3, 0.4) is 0 Å². The number of nitrogens with one attached hydrogen (secondary N) is 1. The van der Waals surface area contributed by atoms with E-state index >= 15 is 0 Å². The van der Waals surface area contributed by atoms with Crippen molar-refractivity contribution in [3.8, 4) is 11.5 Å². The Hall–Kier alpha value is -1.26. The van der Waals surface area contributed by atoms with Crippen LogP contribution in [0, 0.1) is 5.92 Å². The van der Waals surface area contributed by atoms with Crippen LogP contribution in [0.25, 0.3) is 0 Å². The zero-order valence-electron chi connectivity index (χ0n) is 13.1. The standard InChI is InChI=1S/C16H27NO3/c1-5-19-8-9-20-16-10-14(6-7-15(16)18-4)12-17-11-13(2)3/h6-7,10,13,17H,5,8-9,11-12H2,1-4H3. The molecule has 4 nitrogen and oxygen atoms in total. The molecule has 20 heavy (non-hydrogen) atoms. The lowest BCUT2D eigenvalue weighted by atomic mass is 10.2. The van der Waals surface area contributed by atoms with Crippen molar-refractivity contribution in [3.05, 3.63) is 23.8 Å². The maximum atomic E-state index is 5.72. The van der Waals surface area contributed by atoms with Crippen molar-refractivity contribution < 1.29 is 14.2 Å². The number of hydrogen-bond donors (Lipinski definition) is 1.